The van der Waals surface area contributed by atoms with Crippen molar-refractivity contribution in [2.45, 2.75) is 38.3 Å². The second kappa shape index (κ2) is 6.13. The van der Waals surface area contributed by atoms with Gasteiger partial charge in [-0.2, -0.15) is 0 Å². The summed E-state index contributed by atoms with van der Waals surface area (Å²) < 4.78 is 13.7. The zero-order chi connectivity index (χ0) is 13.1. The Balaban J connectivity index is 2.00. The summed E-state index contributed by atoms with van der Waals surface area (Å²) >= 11 is 3.21. The Bertz CT molecular complexity index is 409. The molecule has 0 heterocycles. The predicted octanol–water partition coefficient (Wildman–Crippen LogP) is 3.40. The van der Waals surface area contributed by atoms with Gasteiger partial charge in [0.15, 0.2) is 0 Å². The molecule has 18 heavy (non-hydrogen) atoms. The standard InChI is InChI=1S/C14H19BrFNO/c1-9(11-4-5-13(16)12(15)8-11)17-14(6-7-18)10-2-3-10/h4-5,8-10,14,17-18H,2-3,6-7H2,1H3. The maximum Gasteiger partial charge on any atom is 0.137 e. The van der Waals surface area contributed by atoms with Crippen LogP contribution in [0.2, 0.25) is 0 Å². The highest BCUT2D eigenvalue weighted by molar-refractivity contribution is 9.10. The molecular formula is C14H19BrFNO. The van der Waals surface area contributed by atoms with E-state index in [0.717, 1.165) is 12.0 Å². The fraction of sp³-hybridized carbons (Fsp3) is 0.571. The van der Waals surface area contributed by atoms with Gasteiger partial charge >= 0.3 is 0 Å². The van der Waals surface area contributed by atoms with Crippen LogP contribution in [0.4, 0.5) is 4.39 Å². The smallest absolute Gasteiger partial charge is 0.137 e. The van der Waals surface area contributed by atoms with Crippen molar-refractivity contribution in [2.75, 3.05) is 6.61 Å². The largest absolute Gasteiger partial charge is 0.396 e. The van der Waals surface area contributed by atoms with Crippen molar-refractivity contribution in [3.8, 4) is 0 Å². The summed E-state index contributed by atoms with van der Waals surface area (Å²) in [5, 5.41) is 12.6. The normalized spacial score (nSPS) is 18.7. The first kappa shape index (κ1) is 14.0. The molecule has 1 aliphatic carbocycles. The molecular weight excluding hydrogens is 297 g/mol. The number of hydrogen-bond acceptors (Lipinski definition) is 2. The van der Waals surface area contributed by atoms with Gasteiger partial charge < -0.3 is 10.4 Å². The Morgan fingerprint density at radius 2 is 2.22 bits per heavy atom. The summed E-state index contributed by atoms with van der Waals surface area (Å²) in [7, 11) is 0. The number of aliphatic hydroxyl groups is 1. The van der Waals surface area contributed by atoms with Gasteiger partial charge in [0.25, 0.3) is 0 Å². The quantitative estimate of drug-likeness (QED) is 0.843. The highest BCUT2D eigenvalue weighted by Gasteiger charge is 2.31. The molecule has 2 nitrogen and oxygen atoms in total. The van der Waals surface area contributed by atoms with Crippen molar-refractivity contribution in [3.05, 3.63) is 34.1 Å². The van der Waals surface area contributed by atoms with Gasteiger partial charge in [-0.3, -0.25) is 0 Å². The predicted molar refractivity (Wildman–Crippen MR) is 73.9 cm³/mol. The van der Waals surface area contributed by atoms with E-state index in [0.29, 0.717) is 16.4 Å². The monoisotopic (exact) mass is 315 g/mol. The number of halogens is 2. The molecule has 2 unspecified atom stereocenters. The number of hydrogen-bond donors (Lipinski definition) is 2. The molecule has 0 bridgehead atoms. The average Bonchev–Trinajstić information content (AvgIpc) is 3.16. The summed E-state index contributed by atoms with van der Waals surface area (Å²) in [5.74, 6) is 0.462. The van der Waals surface area contributed by atoms with E-state index < -0.39 is 0 Å². The molecule has 2 N–H and O–H groups in total. The van der Waals surface area contributed by atoms with E-state index >= 15 is 0 Å². The lowest BCUT2D eigenvalue weighted by Crippen LogP contribution is -2.34. The van der Waals surface area contributed by atoms with E-state index in [9.17, 15) is 4.39 Å². The second-order valence-corrected chi connectivity index (χ2v) is 5.87. The third kappa shape index (κ3) is 3.53. The molecule has 2 rings (SSSR count). The minimum absolute atomic E-state index is 0.166. The van der Waals surface area contributed by atoms with Gasteiger partial charge in [0.1, 0.15) is 5.82 Å². The molecule has 100 valence electrons. The molecule has 0 radical (unpaired) electrons. The maximum absolute atomic E-state index is 13.2. The zero-order valence-corrected chi connectivity index (χ0v) is 12.1. The van der Waals surface area contributed by atoms with Crippen LogP contribution < -0.4 is 5.32 Å². The molecule has 1 aliphatic rings. The summed E-state index contributed by atoms with van der Waals surface area (Å²) in [5.41, 5.74) is 1.06. The van der Waals surface area contributed by atoms with Crippen LogP contribution in [0.25, 0.3) is 0 Å². The van der Waals surface area contributed by atoms with Crippen LogP contribution in [0.15, 0.2) is 22.7 Å². The molecule has 1 saturated carbocycles. The van der Waals surface area contributed by atoms with E-state index in [4.69, 9.17) is 5.11 Å². The number of nitrogens with one attached hydrogen (secondary N) is 1. The van der Waals surface area contributed by atoms with Gasteiger partial charge in [-0.25, -0.2) is 4.39 Å². The van der Waals surface area contributed by atoms with E-state index in [2.05, 4.69) is 28.2 Å². The molecule has 4 heteroatoms. The van der Waals surface area contributed by atoms with Crippen LogP contribution in [0.5, 0.6) is 0 Å². The van der Waals surface area contributed by atoms with Crippen molar-refractivity contribution in [2.24, 2.45) is 5.92 Å². The lowest BCUT2D eigenvalue weighted by Gasteiger charge is -2.23. The van der Waals surface area contributed by atoms with E-state index in [1.54, 1.807) is 6.07 Å². The molecule has 0 saturated heterocycles. The van der Waals surface area contributed by atoms with Gasteiger partial charge in [-0.1, -0.05) is 6.07 Å². The van der Waals surface area contributed by atoms with Gasteiger partial charge in [-0.15, -0.1) is 0 Å². The topological polar surface area (TPSA) is 32.3 Å². The maximum atomic E-state index is 13.2. The molecule has 1 aromatic rings. The Morgan fingerprint density at radius 1 is 1.50 bits per heavy atom. The second-order valence-electron chi connectivity index (χ2n) is 5.02. The number of benzene rings is 1. The first-order chi connectivity index (χ1) is 8.61. The van der Waals surface area contributed by atoms with E-state index in [1.807, 2.05) is 6.07 Å². The van der Waals surface area contributed by atoms with Crippen molar-refractivity contribution in [1.82, 2.24) is 5.32 Å². The molecule has 0 amide bonds. The van der Waals surface area contributed by atoms with Crippen molar-refractivity contribution in [3.63, 3.8) is 0 Å². The van der Waals surface area contributed by atoms with Crippen LogP contribution in [0.1, 0.15) is 37.8 Å². The Hall–Kier alpha value is -0.450. The first-order valence-electron chi connectivity index (χ1n) is 6.43. The molecule has 0 aromatic heterocycles. The fourth-order valence-electron chi connectivity index (χ4n) is 2.29. The van der Waals surface area contributed by atoms with E-state index in [-0.39, 0.29) is 18.5 Å². The Labute approximate surface area is 116 Å². The summed E-state index contributed by atoms with van der Waals surface area (Å²) in [4.78, 5) is 0. The fourth-order valence-corrected chi connectivity index (χ4v) is 2.69. The SMILES string of the molecule is CC(NC(CCO)C1CC1)c1ccc(F)c(Br)c1. The molecule has 1 fully saturated rings. The molecule has 0 aliphatic heterocycles. The number of rotatable bonds is 6. The van der Waals surface area contributed by atoms with Gasteiger partial charge in [-0.05, 0) is 65.7 Å². The highest BCUT2D eigenvalue weighted by Crippen LogP contribution is 2.35. The third-order valence-corrected chi connectivity index (χ3v) is 4.15. The van der Waals surface area contributed by atoms with Gasteiger partial charge in [0.2, 0.25) is 0 Å². The first-order valence-corrected chi connectivity index (χ1v) is 7.23. The Morgan fingerprint density at radius 3 is 2.78 bits per heavy atom. The number of aliphatic hydroxyl groups excluding tert-OH is 1. The lowest BCUT2D eigenvalue weighted by atomic mass is 10.0. The lowest BCUT2D eigenvalue weighted by molar-refractivity contribution is 0.250. The third-order valence-electron chi connectivity index (χ3n) is 3.54. The minimum atomic E-state index is -0.236. The Kier molecular flexibility index (Phi) is 4.76. The summed E-state index contributed by atoms with van der Waals surface area (Å²) in [6.45, 7) is 2.29. The summed E-state index contributed by atoms with van der Waals surface area (Å²) in [6, 6.07) is 5.64. The summed E-state index contributed by atoms with van der Waals surface area (Å²) in [6.07, 6.45) is 3.28. The zero-order valence-electron chi connectivity index (χ0n) is 10.5. The molecule has 2 atom stereocenters. The van der Waals surface area contributed by atoms with Crippen LogP contribution >= 0.6 is 15.9 Å². The van der Waals surface area contributed by atoms with Crippen molar-refractivity contribution < 1.29 is 9.50 Å². The van der Waals surface area contributed by atoms with Crippen LogP contribution in [-0.2, 0) is 0 Å². The van der Waals surface area contributed by atoms with Crippen LogP contribution in [-0.4, -0.2) is 17.8 Å². The highest BCUT2D eigenvalue weighted by atomic mass is 79.9. The van der Waals surface area contributed by atoms with E-state index in [1.165, 1.54) is 18.9 Å². The van der Waals surface area contributed by atoms with Gasteiger partial charge in [0, 0.05) is 18.7 Å². The van der Waals surface area contributed by atoms with Crippen LogP contribution in [0.3, 0.4) is 0 Å². The molecule has 1 aromatic carbocycles. The molecule has 0 spiro atoms. The van der Waals surface area contributed by atoms with Crippen LogP contribution in [0, 0.1) is 11.7 Å². The minimum Gasteiger partial charge on any atom is -0.396 e. The van der Waals surface area contributed by atoms with Gasteiger partial charge in [0.05, 0.1) is 4.47 Å². The van der Waals surface area contributed by atoms with Crippen molar-refractivity contribution >= 4 is 15.9 Å². The van der Waals surface area contributed by atoms with Crippen molar-refractivity contribution in [1.29, 1.82) is 0 Å². The average molecular weight is 316 g/mol.